The van der Waals surface area contributed by atoms with Crippen LogP contribution in [0.3, 0.4) is 0 Å². The summed E-state index contributed by atoms with van der Waals surface area (Å²) in [6.07, 6.45) is 0.999. The van der Waals surface area contributed by atoms with E-state index in [-0.39, 0.29) is 5.92 Å². The number of hydrogen-bond acceptors (Lipinski definition) is 5. The van der Waals surface area contributed by atoms with Crippen molar-refractivity contribution in [2.24, 2.45) is 0 Å². The Morgan fingerprint density at radius 3 is 2.61 bits per heavy atom. The van der Waals surface area contributed by atoms with E-state index >= 15 is 0 Å². The summed E-state index contributed by atoms with van der Waals surface area (Å²) in [6.45, 7) is 8.67. The highest BCUT2D eigenvalue weighted by atomic mass is 32.2. The predicted octanol–water partition coefficient (Wildman–Crippen LogP) is 4.11. The lowest BCUT2D eigenvalue weighted by atomic mass is 10.0. The van der Waals surface area contributed by atoms with E-state index < -0.39 is 10.0 Å². The quantitative estimate of drug-likeness (QED) is 0.600. The van der Waals surface area contributed by atoms with E-state index in [1.165, 1.54) is 11.1 Å². The lowest BCUT2D eigenvalue weighted by Crippen LogP contribution is -2.38. The average molecular weight is 440 g/mol. The van der Waals surface area contributed by atoms with Crippen LogP contribution in [0.15, 0.2) is 57.9 Å². The minimum absolute atomic E-state index is 0.0793. The van der Waals surface area contributed by atoms with Crippen molar-refractivity contribution < 1.29 is 12.9 Å². The molecule has 6 nitrogen and oxygen atoms in total. The second-order valence-electron chi connectivity index (χ2n) is 8.43. The predicted molar refractivity (Wildman–Crippen MR) is 121 cm³/mol. The molecular weight excluding hydrogens is 410 g/mol. The first kappa shape index (κ1) is 21.7. The van der Waals surface area contributed by atoms with Crippen molar-refractivity contribution in [1.29, 1.82) is 0 Å². The maximum atomic E-state index is 13.2. The summed E-state index contributed by atoms with van der Waals surface area (Å²) in [5.41, 5.74) is 4.97. The van der Waals surface area contributed by atoms with E-state index in [0.717, 1.165) is 30.8 Å². The Labute approximate surface area is 184 Å². The molecule has 0 fully saturated rings. The van der Waals surface area contributed by atoms with Gasteiger partial charge in [-0.25, -0.2) is 13.1 Å². The zero-order valence-electron chi connectivity index (χ0n) is 18.3. The van der Waals surface area contributed by atoms with E-state index in [9.17, 15) is 8.42 Å². The Bertz CT molecular complexity index is 1170. The molecule has 1 aliphatic heterocycles. The molecule has 4 rings (SSSR count). The van der Waals surface area contributed by atoms with Gasteiger partial charge in [0.05, 0.1) is 10.6 Å². The van der Waals surface area contributed by atoms with Crippen LogP contribution in [0.1, 0.15) is 42.1 Å². The molecule has 7 heteroatoms. The van der Waals surface area contributed by atoms with Gasteiger partial charge in [-0.3, -0.25) is 4.90 Å². The van der Waals surface area contributed by atoms with Crippen molar-refractivity contribution in [3.63, 3.8) is 0 Å². The first-order valence-corrected chi connectivity index (χ1v) is 12.2. The molecule has 0 amide bonds. The van der Waals surface area contributed by atoms with Crippen molar-refractivity contribution in [3.8, 4) is 11.3 Å². The molecule has 0 aliphatic carbocycles. The Morgan fingerprint density at radius 2 is 1.90 bits per heavy atom. The fourth-order valence-electron chi connectivity index (χ4n) is 4.06. The van der Waals surface area contributed by atoms with Crippen LogP contribution in [0.25, 0.3) is 11.3 Å². The Balaban J connectivity index is 1.48. The third kappa shape index (κ3) is 4.89. The smallest absolute Gasteiger partial charge is 0.240 e. The van der Waals surface area contributed by atoms with Crippen LogP contribution in [0.5, 0.6) is 0 Å². The SMILES string of the molecule is Cc1cc(-c2ccc(C(C)C)c(S(=O)(=O)NCCN3CCc4ccccc4C3)c2)on1. The molecular formula is C24H29N3O3S. The standard InChI is InChI=1S/C24H29N3O3S/c1-17(2)22-9-8-20(23-14-18(3)26-30-23)15-24(22)31(28,29)25-11-13-27-12-10-19-6-4-5-7-21(19)16-27/h4-9,14-15,17,25H,10-13,16H2,1-3H3. The minimum atomic E-state index is -3.66. The van der Waals surface area contributed by atoms with Crippen LogP contribution in [0, 0.1) is 6.92 Å². The number of nitrogens with one attached hydrogen (secondary N) is 1. The van der Waals surface area contributed by atoms with Crippen molar-refractivity contribution in [3.05, 3.63) is 70.9 Å². The summed E-state index contributed by atoms with van der Waals surface area (Å²) >= 11 is 0. The molecule has 0 spiro atoms. The van der Waals surface area contributed by atoms with Crippen LogP contribution in [-0.4, -0.2) is 38.1 Å². The Kier molecular flexibility index (Phi) is 6.27. The van der Waals surface area contributed by atoms with Crippen molar-refractivity contribution >= 4 is 10.0 Å². The van der Waals surface area contributed by atoms with E-state index in [1.54, 1.807) is 6.07 Å². The molecule has 1 N–H and O–H groups in total. The van der Waals surface area contributed by atoms with Crippen LogP contribution < -0.4 is 4.72 Å². The van der Waals surface area contributed by atoms with E-state index in [4.69, 9.17) is 4.52 Å². The second kappa shape index (κ2) is 8.94. The molecule has 0 radical (unpaired) electrons. The highest BCUT2D eigenvalue weighted by molar-refractivity contribution is 7.89. The number of nitrogens with zero attached hydrogens (tertiary/aromatic N) is 2. The second-order valence-corrected chi connectivity index (χ2v) is 10.2. The summed E-state index contributed by atoms with van der Waals surface area (Å²) in [5.74, 6) is 0.645. The van der Waals surface area contributed by atoms with Gasteiger partial charge in [0.15, 0.2) is 5.76 Å². The number of aromatic nitrogens is 1. The molecule has 164 valence electrons. The summed E-state index contributed by atoms with van der Waals surface area (Å²) in [7, 11) is -3.66. The van der Waals surface area contributed by atoms with Gasteiger partial charge in [-0.15, -0.1) is 0 Å². The monoisotopic (exact) mass is 439 g/mol. The summed E-state index contributed by atoms with van der Waals surface area (Å²) in [5, 5.41) is 3.91. The molecule has 0 unspecified atom stereocenters. The first-order chi connectivity index (χ1) is 14.8. The molecule has 0 bridgehead atoms. The fourth-order valence-corrected chi connectivity index (χ4v) is 5.47. The van der Waals surface area contributed by atoms with E-state index in [0.29, 0.717) is 29.3 Å². The van der Waals surface area contributed by atoms with E-state index in [1.807, 2.05) is 39.0 Å². The largest absolute Gasteiger partial charge is 0.356 e. The molecule has 2 aromatic carbocycles. The van der Waals surface area contributed by atoms with E-state index in [2.05, 4.69) is 39.0 Å². The summed E-state index contributed by atoms with van der Waals surface area (Å²) in [6, 6.07) is 15.7. The number of hydrogen-bond donors (Lipinski definition) is 1. The summed E-state index contributed by atoms with van der Waals surface area (Å²) < 4.78 is 34.6. The normalized spacial score (nSPS) is 14.7. The van der Waals surface area contributed by atoms with Crippen LogP contribution in [0.4, 0.5) is 0 Å². The van der Waals surface area contributed by atoms with Gasteiger partial charge < -0.3 is 4.52 Å². The van der Waals surface area contributed by atoms with Crippen LogP contribution in [0.2, 0.25) is 0 Å². The highest BCUT2D eigenvalue weighted by Crippen LogP contribution is 2.30. The molecule has 3 aromatic rings. The minimum Gasteiger partial charge on any atom is -0.356 e. The van der Waals surface area contributed by atoms with Gasteiger partial charge in [0.25, 0.3) is 0 Å². The number of sulfonamides is 1. The summed E-state index contributed by atoms with van der Waals surface area (Å²) in [4.78, 5) is 2.60. The van der Waals surface area contributed by atoms with Gasteiger partial charge in [0, 0.05) is 37.8 Å². The molecule has 1 aliphatic rings. The number of fused-ring (bicyclic) bond motifs is 1. The number of aryl methyl sites for hydroxylation is 1. The molecule has 31 heavy (non-hydrogen) atoms. The van der Waals surface area contributed by atoms with Crippen LogP contribution >= 0.6 is 0 Å². The van der Waals surface area contributed by atoms with Gasteiger partial charge in [-0.1, -0.05) is 55.4 Å². The molecule has 0 atom stereocenters. The number of benzene rings is 2. The molecule has 1 aromatic heterocycles. The van der Waals surface area contributed by atoms with Crippen LogP contribution in [-0.2, 0) is 23.0 Å². The lowest BCUT2D eigenvalue weighted by Gasteiger charge is -2.28. The third-order valence-electron chi connectivity index (χ3n) is 5.77. The molecule has 0 saturated heterocycles. The maximum absolute atomic E-state index is 13.2. The van der Waals surface area contributed by atoms with Crippen molar-refractivity contribution in [2.75, 3.05) is 19.6 Å². The Morgan fingerprint density at radius 1 is 1.13 bits per heavy atom. The number of rotatable bonds is 7. The average Bonchev–Trinajstić information content (AvgIpc) is 3.19. The van der Waals surface area contributed by atoms with Gasteiger partial charge in [0.2, 0.25) is 10.0 Å². The fraction of sp³-hybridized carbons (Fsp3) is 0.375. The van der Waals surface area contributed by atoms with Crippen molar-refractivity contribution in [1.82, 2.24) is 14.8 Å². The lowest BCUT2D eigenvalue weighted by molar-refractivity contribution is 0.258. The Hall–Kier alpha value is -2.48. The zero-order valence-corrected chi connectivity index (χ0v) is 19.1. The first-order valence-electron chi connectivity index (χ1n) is 10.7. The zero-order chi connectivity index (χ0) is 22.0. The molecule has 2 heterocycles. The topological polar surface area (TPSA) is 75.4 Å². The highest BCUT2D eigenvalue weighted by Gasteiger charge is 2.23. The molecule has 0 saturated carbocycles. The maximum Gasteiger partial charge on any atom is 0.240 e. The van der Waals surface area contributed by atoms with Gasteiger partial charge >= 0.3 is 0 Å². The van der Waals surface area contributed by atoms with Gasteiger partial charge in [0.1, 0.15) is 0 Å². The third-order valence-corrected chi connectivity index (χ3v) is 7.28. The van der Waals surface area contributed by atoms with Gasteiger partial charge in [-0.05, 0) is 42.0 Å². The van der Waals surface area contributed by atoms with Crippen molar-refractivity contribution in [2.45, 2.75) is 44.6 Å². The van der Waals surface area contributed by atoms with Gasteiger partial charge in [-0.2, -0.15) is 0 Å².